The summed E-state index contributed by atoms with van der Waals surface area (Å²) < 4.78 is 0. The molecule has 2 rings (SSSR count). The Hall–Kier alpha value is -1.13. The van der Waals surface area contributed by atoms with Crippen LogP contribution >= 0.6 is 0 Å². The maximum absolute atomic E-state index is 5.51. The van der Waals surface area contributed by atoms with Crippen molar-refractivity contribution in [2.24, 2.45) is 5.73 Å². The molecule has 0 saturated carbocycles. The molecule has 0 spiro atoms. The zero-order valence-electron chi connectivity index (χ0n) is 10.1. The monoisotopic (exact) mass is 220 g/mol. The van der Waals surface area contributed by atoms with Gasteiger partial charge < -0.3 is 10.6 Å². The largest absolute Gasteiger partial charge is 0.360 e. The second-order valence-corrected chi connectivity index (χ2v) is 4.51. The van der Waals surface area contributed by atoms with E-state index in [-0.39, 0.29) is 0 Å². The highest BCUT2D eigenvalue weighted by atomic mass is 15.2. The zero-order valence-corrected chi connectivity index (χ0v) is 10.1. The first-order valence-corrected chi connectivity index (χ1v) is 5.79. The summed E-state index contributed by atoms with van der Waals surface area (Å²) in [4.78, 5) is 9.15. The van der Waals surface area contributed by atoms with Crippen LogP contribution in [0.3, 0.4) is 0 Å². The highest BCUT2D eigenvalue weighted by Crippen LogP contribution is 2.22. The number of fused-ring (bicyclic) bond motifs is 1. The van der Waals surface area contributed by atoms with E-state index in [1.165, 1.54) is 11.3 Å². The molecule has 0 bridgehead atoms. The number of nitrogens with two attached hydrogens (primary N) is 1. The second kappa shape index (κ2) is 4.80. The number of hydrogen-bond acceptors (Lipinski definition) is 4. The lowest BCUT2D eigenvalue weighted by Crippen LogP contribution is -2.22. The highest BCUT2D eigenvalue weighted by molar-refractivity contribution is 5.42. The molecule has 4 heteroatoms. The van der Waals surface area contributed by atoms with Crippen LogP contribution in [0.1, 0.15) is 17.7 Å². The Morgan fingerprint density at radius 3 is 3.00 bits per heavy atom. The molecule has 1 aliphatic rings. The summed E-state index contributed by atoms with van der Waals surface area (Å²) in [6.45, 7) is 3.69. The molecular formula is C12H20N4. The van der Waals surface area contributed by atoms with Gasteiger partial charge in [0.15, 0.2) is 0 Å². The van der Waals surface area contributed by atoms with E-state index in [1.54, 1.807) is 0 Å². The van der Waals surface area contributed by atoms with Gasteiger partial charge in [-0.25, -0.2) is 4.98 Å². The predicted octanol–water partition coefficient (Wildman–Crippen LogP) is 0.812. The molecule has 0 fully saturated rings. The van der Waals surface area contributed by atoms with Crippen molar-refractivity contribution >= 4 is 5.82 Å². The number of nitrogens with zero attached hydrogens (tertiary/aromatic N) is 3. The lowest BCUT2D eigenvalue weighted by molar-refractivity contribution is 0.351. The van der Waals surface area contributed by atoms with Crippen molar-refractivity contribution in [3.63, 3.8) is 0 Å². The van der Waals surface area contributed by atoms with Gasteiger partial charge in [-0.3, -0.25) is 4.90 Å². The van der Waals surface area contributed by atoms with Crippen LogP contribution in [0.15, 0.2) is 12.1 Å². The van der Waals surface area contributed by atoms with E-state index in [0.29, 0.717) is 0 Å². The lowest BCUT2D eigenvalue weighted by Gasteiger charge is -2.18. The van der Waals surface area contributed by atoms with Crippen LogP contribution in [0, 0.1) is 0 Å². The van der Waals surface area contributed by atoms with Crippen molar-refractivity contribution in [3.05, 3.63) is 23.4 Å². The quantitative estimate of drug-likeness (QED) is 0.815. The van der Waals surface area contributed by atoms with Gasteiger partial charge in [-0.1, -0.05) is 6.07 Å². The average molecular weight is 220 g/mol. The molecule has 16 heavy (non-hydrogen) atoms. The molecule has 0 atom stereocenters. The summed E-state index contributed by atoms with van der Waals surface area (Å²) >= 11 is 0. The standard InChI is InChI=1S/C12H20N4/c1-15-8-10-4-5-12(14-11(10)9-15)16(2)7-3-6-13/h4-5H,3,6-9,13H2,1-2H3. The Labute approximate surface area is 97.1 Å². The van der Waals surface area contributed by atoms with Gasteiger partial charge in [0.1, 0.15) is 5.82 Å². The summed E-state index contributed by atoms with van der Waals surface area (Å²) in [5, 5.41) is 0. The first-order valence-electron chi connectivity index (χ1n) is 5.79. The van der Waals surface area contributed by atoms with Gasteiger partial charge in [-0.15, -0.1) is 0 Å². The molecule has 2 heterocycles. The predicted molar refractivity (Wildman–Crippen MR) is 66.3 cm³/mol. The van der Waals surface area contributed by atoms with Crippen LogP contribution in [0.2, 0.25) is 0 Å². The van der Waals surface area contributed by atoms with E-state index in [0.717, 1.165) is 38.4 Å². The van der Waals surface area contributed by atoms with Gasteiger partial charge in [-0.05, 0) is 31.6 Å². The zero-order chi connectivity index (χ0) is 11.5. The van der Waals surface area contributed by atoms with Crippen LogP contribution in [0.5, 0.6) is 0 Å². The molecule has 1 aromatic heterocycles. The maximum Gasteiger partial charge on any atom is 0.128 e. The van der Waals surface area contributed by atoms with Gasteiger partial charge in [0, 0.05) is 26.7 Å². The summed E-state index contributed by atoms with van der Waals surface area (Å²) in [7, 11) is 4.20. The van der Waals surface area contributed by atoms with Gasteiger partial charge in [0.2, 0.25) is 0 Å². The Balaban J connectivity index is 2.09. The van der Waals surface area contributed by atoms with E-state index < -0.39 is 0 Å². The fourth-order valence-electron chi connectivity index (χ4n) is 2.06. The van der Waals surface area contributed by atoms with Crippen molar-refractivity contribution in [1.82, 2.24) is 9.88 Å². The lowest BCUT2D eigenvalue weighted by atomic mass is 10.2. The van der Waals surface area contributed by atoms with Crippen molar-refractivity contribution < 1.29 is 0 Å². The fraction of sp³-hybridized carbons (Fsp3) is 0.583. The third kappa shape index (κ3) is 2.33. The molecule has 0 aliphatic carbocycles. The van der Waals surface area contributed by atoms with Crippen LogP contribution in [0.25, 0.3) is 0 Å². The molecule has 88 valence electrons. The Kier molecular flexibility index (Phi) is 3.41. The molecule has 0 radical (unpaired) electrons. The van der Waals surface area contributed by atoms with E-state index >= 15 is 0 Å². The summed E-state index contributed by atoms with van der Waals surface area (Å²) in [6, 6.07) is 4.30. The van der Waals surface area contributed by atoms with Crippen molar-refractivity contribution in [3.8, 4) is 0 Å². The van der Waals surface area contributed by atoms with Gasteiger partial charge in [-0.2, -0.15) is 0 Å². The van der Waals surface area contributed by atoms with Crippen LogP contribution in [-0.4, -0.2) is 37.1 Å². The fourth-order valence-corrected chi connectivity index (χ4v) is 2.06. The molecule has 0 saturated heterocycles. The molecular weight excluding hydrogens is 200 g/mol. The summed E-state index contributed by atoms with van der Waals surface area (Å²) in [6.07, 6.45) is 1.01. The molecule has 0 aromatic carbocycles. The van der Waals surface area contributed by atoms with Gasteiger partial charge in [0.05, 0.1) is 5.69 Å². The van der Waals surface area contributed by atoms with Crippen molar-refractivity contribution in [2.75, 3.05) is 32.1 Å². The van der Waals surface area contributed by atoms with Gasteiger partial charge >= 0.3 is 0 Å². The van der Waals surface area contributed by atoms with Gasteiger partial charge in [0.25, 0.3) is 0 Å². The third-order valence-corrected chi connectivity index (χ3v) is 3.00. The number of pyridine rings is 1. The highest BCUT2D eigenvalue weighted by Gasteiger charge is 2.17. The second-order valence-electron chi connectivity index (χ2n) is 4.51. The van der Waals surface area contributed by atoms with E-state index in [4.69, 9.17) is 10.7 Å². The third-order valence-electron chi connectivity index (χ3n) is 3.00. The Bertz CT molecular complexity index is 364. The topological polar surface area (TPSA) is 45.4 Å². The number of rotatable bonds is 4. The first kappa shape index (κ1) is 11.4. The van der Waals surface area contributed by atoms with Crippen molar-refractivity contribution in [1.29, 1.82) is 0 Å². The van der Waals surface area contributed by atoms with E-state index in [9.17, 15) is 0 Å². The molecule has 2 N–H and O–H groups in total. The Morgan fingerprint density at radius 2 is 2.25 bits per heavy atom. The minimum Gasteiger partial charge on any atom is -0.360 e. The summed E-state index contributed by atoms with van der Waals surface area (Å²) in [5.74, 6) is 1.06. The Morgan fingerprint density at radius 1 is 1.44 bits per heavy atom. The molecule has 1 aliphatic heterocycles. The van der Waals surface area contributed by atoms with Crippen LogP contribution < -0.4 is 10.6 Å². The average Bonchev–Trinajstić information content (AvgIpc) is 2.64. The number of hydrogen-bond donors (Lipinski definition) is 1. The molecule has 1 aromatic rings. The molecule has 4 nitrogen and oxygen atoms in total. The summed E-state index contributed by atoms with van der Waals surface area (Å²) in [5.41, 5.74) is 8.09. The first-order chi connectivity index (χ1) is 7.70. The number of aromatic nitrogens is 1. The molecule has 0 amide bonds. The van der Waals surface area contributed by atoms with Crippen molar-refractivity contribution in [2.45, 2.75) is 19.5 Å². The van der Waals surface area contributed by atoms with E-state index in [2.05, 4.69) is 36.0 Å². The number of anilines is 1. The smallest absolute Gasteiger partial charge is 0.128 e. The SMILES string of the molecule is CN1Cc2ccc(N(C)CCCN)nc2C1. The van der Waals surface area contributed by atoms with Crippen LogP contribution in [-0.2, 0) is 13.1 Å². The normalized spacial score (nSPS) is 15.2. The minimum atomic E-state index is 0.734. The van der Waals surface area contributed by atoms with Crippen LogP contribution in [0.4, 0.5) is 5.82 Å². The maximum atomic E-state index is 5.51. The minimum absolute atomic E-state index is 0.734. The van der Waals surface area contributed by atoms with E-state index in [1.807, 2.05) is 0 Å². The molecule has 0 unspecified atom stereocenters.